The lowest BCUT2D eigenvalue weighted by Gasteiger charge is -2.06. The maximum atomic E-state index is 9.85. The Morgan fingerprint density at radius 3 is 2.31 bits per heavy atom. The van der Waals surface area contributed by atoms with Crippen LogP contribution in [0, 0.1) is 3.57 Å². The number of aromatic hydroxyl groups is 2. The molecule has 0 unspecified atom stereocenters. The van der Waals surface area contributed by atoms with Crippen LogP contribution in [0.25, 0.3) is 5.69 Å². The molecule has 1 heterocycles. The lowest BCUT2D eigenvalue weighted by Crippen LogP contribution is -1.92. The molecule has 5 heteroatoms. The van der Waals surface area contributed by atoms with Crippen LogP contribution in [0.4, 0.5) is 0 Å². The van der Waals surface area contributed by atoms with Gasteiger partial charge in [0.1, 0.15) is 0 Å². The van der Waals surface area contributed by atoms with Gasteiger partial charge in [0.05, 0.1) is 11.6 Å². The molecule has 2 N–H and O–H groups in total. The first-order valence-corrected chi connectivity index (χ1v) is 6.19. The molecule has 0 radical (unpaired) electrons. The Hall–Kier alpha value is -0.880. The van der Waals surface area contributed by atoms with E-state index in [0.717, 1.165) is 3.57 Å². The zero-order chi connectivity index (χ0) is 11.7. The largest absolute Gasteiger partial charge is 0.494 e. The number of hydrogen-bond acceptors (Lipinski definition) is 2. The smallest absolute Gasteiger partial charge is 0.203 e. The van der Waals surface area contributed by atoms with Crippen LogP contribution in [0.5, 0.6) is 11.8 Å². The normalized spacial score (nSPS) is 10.6. The molecule has 0 amide bonds. The topological polar surface area (TPSA) is 45.4 Å². The molecule has 1 aromatic carbocycles. The number of halogens is 2. The molecule has 2 aromatic rings. The van der Waals surface area contributed by atoms with Crippen molar-refractivity contribution in [3.63, 3.8) is 0 Å². The van der Waals surface area contributed by atoms with Gasteiger partial charge in [-0.3, -0.25) is 4.57 Å². The van der Waals surface area contributed by atoms with Crippen molar-refractivity contribution in [2.75, 3.05) is 0 Å². The molecule has 0 bridgehead atoms. The van der Waals surface area contributed by atoms with Crippen LogP contribution in [-0.4, -0.2) is 14.8 Å². The van der Waals surface area contributed by atoms with E-state index < -0.39 is 0 Å². The van der Waals surface area contributed by atoms with E-state index in [9.17, 15) is 10.2 Å². The minimum Gasteiger partial charge on any atom is -0.494 e. The van der Waals surface area contributed by atoms with Crippen molar-refractivity contribution < 1.29 is 10.2 Å². The van der Waals surface area contributed by atoms with Gasteiger partial charge in [-0.15, -0.1) is 11.6 Å². The van der Waals surface area contributed by atoms with Crippen molar-refractivity contribution >= 4 is 34.2 Å². The Morgan fingerprint density at radius 2 is 1.81 bits per heavy atom. The average Bonchev–Trinajstić information content (AvgIpc) is 2.56. The van der Waals surface area contributed by atoms with Gasteiger partial charge in [-0.05, 0) is 46.9 Å². The number of hydrogen-bond donors (Lipinski definition) is 2. The van der Waals surface area contributed by atoms with E-state index in [1.165, 1.54) is 10.6 Å². The van der Waals surface area contributed by atoms with Gasteiger partial charge < -0.3 is 10.2 Å². The maximum absolute atomic E-state index is 9.85. The summed E-state index contributed by atoms with van der Waals surface area (Å²) in [6, 6.07) is 8.89. The SMILES string of the molecule is Oc1cc(CCl)c(O)n1-c1ccc(I)cc1. The average molecular weight is 350 g/mol. The van der Waals surface area contributed by atoms with Crippen molar-refractivity contribution in [1.29, 1.82) is 0 Å². The molecular weight excluding hydrogens is 340 g/mol. The fraction of sp³-hybridized carbons (Fsp3) is 0.0909. The van der Waals surface area contributed by atoms with Crippen LogP contribution >= 0.6 is 34.2 Å². The molecule has 0 atom stereocenters. The second kappa shape index (κ2) is 4.55. The van der Waals surface area contributed by atoms with E-state index in [0.29, 0.717) is 11.3 Å². The second-order valence-electron chi connectivity index (χ2n) is 3.30. The summed E-state index contributed by atoms with van der Waals surface area (Å²) in [5.41, 5.74) is 1.21. The Balaban J connectivity index is 2.55. The highest BCUT2D eigenvalue weighted by molar-refractivity contribution is 14.1. The standard InChI is InChI=1S/C11H9ClINO2/c12-6-7-5-10(15)14(11(7)16)9-3-1-8(13)2-4-9/h1-5,15-16H,6H2. The number of rotatable bonds is 2. The van der Waals surface area contributed by atoms with Crippen molar-refractivity contribution in [2.24, 2.45) is 0 Å². The highest BCUT2D eigenvalue weighted by atomic mass is 127. The quantitative estimate of drug-likeness (QED) is 0.646. The number of nitrogens with zero attached hydrogens (tertiary/aromatic N) is 1. The highest BCUT2D eigenvalue weighted by Crippen LogP contribution is 2.32. The molecule has 16 heavy (non-hydrogen) atoms. The molecular formula is C11H9ClINO2. The van der Waals surface area contributed by atoms with Crippen LogP contribution in [0.2, 0.25) is 0 Å². The molecule has 0 aliphatic rings. The zero-order valence-electron chi connectivity index (χ0n) is 8.19. The molecule has 0 aliphatic heterocycles. The third-order valence-electron chi connectivity index (χ3n) is 2.26. The van der Waals surface area contributed by atoms with Gasteiger partial charge in [-0.2, -0.15) is 0 Å². The summed E-state index contributed by atoms with van der Waals surface area (Å²) >= 11 is 7.83. The molecule has 0 aliphatic carbocycles. The molecule has 0 saturated carbocycles. The van der Waals surface area contributed by atoms with Gasteiger partial charge in [0, 0.05) is 15.2 Å². The number of benzene rings is 1. The van der Waals surface area contributed by atoms with E-state index in [2.05, 4.69) is 22.6 Å². The van der Waals surface area contributed by atoms with E-state index in [1.54, 1.807) is 0 Å². The van der Waals surface area contributed by atoms with Crippen molar-refractivity contribution in [2.45, 2.75) is 5.88 Å². The van der Waals surface area contributed by atoms with E-state index >= 15 is 0 Å². The first-order valence-electron chi connectivity index (χ1n) is 4.58. The number of alkyl halides is 1. The van der Waals surface area contributed by atoms with Gasteiger partial charge in [0.2, 0.25) is 5.88 Å². The van der Waals surface area contributed by atoms with Crippen molar-refractivity contribution in [3.05, 3.63) is 39.5 Å². The lowest BCUT2D eigenvalue weighted by molar-refractivity contribution is 0.401. The van der Waals surface area contributed by atoms with Gasteiger partial charge in [0.25, 0.3) is 0 Å². The first-order chi connectivity index (χ1) is 7.63. The monoisotopic (exact) mass is 349 g/mol. The van der Waals surface area contributed by atoms with Gasteiger partial charge in [0.15, 0.2) is 5.88 Å². The molecule has 0 fully saturated rings. The van der Waals surface area contributed by atoms with E-state index in [-0.39, 0.29) is 17.6 Å². The summed E-state index contributed by atoms with van der Waals surface area (Å²) in [5.74, 6) is 0.125. The number of aromatic nitrogens is 1. The van der Waals surface area contributed by atoms with Crippen LogP contribution in [0.1, 0.15) is 5.56 Å². The summed E-state index contributed by atoms with van der Waals surface area (Å²) < 4.78 is 2.44. The molecule has 3 nitrogen and oxygen atoms in total. The molecule has 1 aromatic heterocycles. The Morgan fingerprint density at radius 1 is 1.19 bits per heavy atom. The highest BCUT2D eigenvalue weighted by Gasteiger charge is 2.14. The molecule has 84 valence electrons. The van der Waals surface area contributed by atoms with Crippen molar-refractivity contribution in [3.8, 4) is 17.4 Å². The summed E-state index contributed by atoms with van der Waals surface area (Å²) in [6.07, 6.45) is 0. The minimum atomic E-state index is -0.0197. The van der Waals surface area contributed by atoms with E-state index in [1.807, 2.05) is 24.3 Å². The predicted molar refractivity (Wildman–Crippen MR) is 71.4 cm³/mol. The second-order valence-corrected chi connectivity index (χ2v) is 4.81. The molecule has 2 rings (SSSR count). The van der Waals surface area contributed by atoms with Crippen molar-refractivity contribution in [1.82, 2.24) is 4.57 Å². The van der Waals surface area contributed by atoms with Gasteiger partial charge >= 0.3 is 0 Å². The third-order valence-corrected chi connectivity index (χ3v) is 3.27. The summed E-state index contributed by atoms with van der Waals surface area (Å²) in [6.45, 7) is 0. The van der Waals surface area contributed by atoms with Crippen LogP contribution < -0.4 is 0 Å². The van der Waals surface area contributed by atoms with Crippen LogP contribution in [0.3, 0.4) is 0 Å². The lowest BCUT2D eigenvalue weighted by atomic mass is 10.3. The van der Waals surface area contributed by atoms with Gasteiger partial charge in [-0.25, -0.2) is 0 Å². The van der Waals surface area contributed by atoms with E-state index in [4.69, 9.17) is 11.6 Å². The Labute approximate surface area is 111 Å². The summed E-state index contributed by atoms with van der Waals surface area (Å²) in [5, 5.41) is 19.6. The minimum absolute atomic E-state index is 0.0191. The Bertz CT molecular complexity index is 507. The van der Waals surface area contributed by atoms with Gasteiger partial charge in [-0.1, -0.05) is 0 Å². The Kier molecular flexibility index (Phi) is 3.30. The summed E-state index contributed by atoms with van der Waals surface area (Å²) in [7, 11) is 0. The predicted octanol–water partition coefficient (Wildman–Crippen LogP) is 3.23. The molecule has 0 spiro atoms. The molecule has 0 saturated heterocycles. The zero-order valence-corrected chi connectivity index (χ0v) is 11.1. The van der Waals surface area contributed by atoms with Crippen LogP contribution in [-0.2, 0) is 5.88 Å². The maximum Gasteiger partial charge on any atom is 0.203 e. The third kappa shape index (κ3) is 1.99. The first kappa shape index (κ1) is 11.6. The van der Waals surface area contributed by atoms with Crippen LogP contribution in [0.15, 0.2) is 30.3 Å². The fourth-order valence-corrected chi connectivity index (χ4v) is 2.04. The summed E-state index contributed by atoms with van der Waals surface area (Å²) in [4.78, 5) is 0. The fourth-order valence-electron chi connectivity index (χ4n) is 1.48.